The molecule has 0 unspecified atom stereocenters. The van der Waals surface area contributed by atoms with Crippen LogP contribution in [0.4, 0.5) is 0 Å². The van der Waals surface area contributed by atoms with Gasteiger partial charge in [0.2, 0.25) is 0 Å². The van der Waals surface area contributed by atoms with Gasteiger partial charge in [-0.1, -0.05) is 6.07 Å². The van der Waals surface area contributed by atoms with Gasteiger partial charge < -0.3 is 5.84 Å². The van der Waals surface area contributed by atoms with Crippen molar-refractivity contribution in [1.29, 1.82) is 0 Å². The lowest BCUT2D eigenvalue weighted by Gasteiger charge is -1.94. The van der Waals surface area contributed by atoms with E-state index in [9.17, 15) is 0 Å². The maximum absolute atomic E-state index is 5.45. The van der Waals surface area contributed by atoms with E-state index >= 15 is 0 Å². The molecule has 0 fully saturated rings. The molecule has 0 aliphatic rings. The molecular weight excluding hydrogens is 114 g/mol. The molecule has 1 aromatic rings. The van der Waals surface area contributed by atoms with E-state index in [1.807, 2.05) is 18.2 Å². The molecule has 0 amide bonds. The molecule has 0 bridgehead atoms. The van der Waals surface area contributed by atoms with Crippen molar-refractivity contribution < 1.29 is 0 Å². The Labute approximate surface area is 53.4 Å². The quantitative estimate of drug-likeness (QED) is 0.474. The van der Waals surface area contributed by atoms with Crippen LogP contribution in [0.3, 0.4) is 0 Å². The number of aromatic nitrogens is 1. The van der Waals surface area contributed by atoms with Crippen LogP contribution in [0.5, 0.6) is 0 Å². The van der Waals surface area contributed by atoms with Gasteiger partial charge in [-0.25, -0.2) is 0 Å². The summed E-state index contributed by atoms with van der Waals surface area (Å²) >= 11 is 0. The SMILES string of the molecule is CN=c1ccccn1N. The first-order valence-corrected chi connectivity index (χ1v) is 2.70. The number of nitrogens with two attached hydrogens (primary N) is 1. The summed E-state index contributed by atoms with van der Waals surface area (Å²) in [7, 11) is 1.71. The van der Waals surface area contributed by atoms with Crippen molar-refractivity contribution in [2.24, 2.45) is 4.99 Å². The number of hydrogen-bond donors (Lipinski definition) is 1. The largest absolute Gasteiger partial charge is 0.338 e. The molecule has 0 saturated heterocycles. The Morgan fingerprint density at radius 3 is 2.78 bits per heavy atom. The number of nitrogen functional groups attached to an aromatic ring is 1. The molecule has 2 N–H and O–H groups in total. The second kappa shape index (κ2) is 2.35. The van der Waals surface area contributed by atoms with Crippen LogP contribution in [0, 0.1) is 0 Å². The summed E-state index contributed by atoms with van der Waals surface area (Å²) in [5.74, 6) is 5.45. The fraction of sp³-hybridized carbons (Fsp3) is 0.167. The van der Waals surface area contributed by atoms with Crippen molar-refractivity contribution in [2.45, 2.75) is 0 Å². The molecule has 0 aromatic carbocycles. The lowest BCUT2D eigenvalue weighted by atomic mass is 10.5. The zero-order chi connectivity index (χ0) is 6.69. The van der Waals surface area contributed by atoms with Gasteiger partial charge in [-0.2, -0.15) is 0 Å². The number of nitrogens with zero attached hydrogens (tertiary/aromatic N) is 2. The van der Waals surface area contributed by atoms with E-state index in [4.69, 9.17) is 5.84 Å². The second-order valence-electron chi connectivity index (χ2n) is 1.69. The molecule has 9 heavy (non-hydrogen) atoms. The van der Waals surface area contributed by atoms with E-state index in [0.29, 0.717) is 0 Å². The summed E-state index contributed by atoms with van der Waals surface area (Å²) in [4.78, 5) is 3.91. The van der Waals surface area contributed by atoms with Crippen LogP contribution >= 0.6 is 0 Å². The summed E-state index contributed by atoms with van der Waals surface area (Å²) in [5.41, 5.74) is 0.775. The maximum atomic E-state index is 5.45. The van der Waals surface area contributed by atoms with E-state index in [1.54, 1.807) is 13.2 Å². The third-order valence-electron chi connectivity index (χ3n) is 1.10. The van der Waals surface area contributed by atoms with Crippen molar-refractivity contribution >= 4 is 0 Å². The first kappa shape index (κ1) is 5.88. The molecule has 3 heteroatoms. The lowest BCUT2D eigenvalue weighted by Crippen LogP contribution is -2.26. The number of pyridine rings is 1. The van der Waals surface area contributed by atoms with Crippen LogP contribution in [-0.4, -0.2) is 11.7 Å². The highest BCUT2D eigenvalue weighted by Crippen LogP contribution is 1.72. The van der Waals surface area contributed by atoms with E-state index in [-0.39, 0.29) is 0 Å². The van der Waals surface area contributed by atoms with E-state index < -0.39 is 0 Å². The Balaban J connectivity index is 3.33. The highest BCUT2D eigenvalue weighted by atomic mass is 15.3. The van der Waals surface area contributed by atoms with E-state index in [1.165, 1.54) is 4.68 Å². The minimum atomic E-state index is 0.775. The summed E-state index contributed by atoms with van der Waals surface area (Å²) in [6.07, 6.45) is 1.75. The van der Waals surface area contributed by atoms with Crippen molar-refractivity contribution in [3.63, 3.8) is 0 Å². The lowest BCUT2D eigenvalue weighted by molar-refractivity contribution is 0.893. The van der Waals surface area contributed by atoms with Crippen LogP contribution in [0.15, 0.2) is 29.4 Å². The molecule has 0 aliphatic carbocycles. The third kappa shape index (κ3) is 1.10. The van der Waals surface area contributed by atoms with Crippen LogP contribution in [0.1, 0.15) is 0 Å². The Morgan fingerprint density at radius 1 is 1.56 bits per heavy atom. The Hall–Kier alpha value is -1.25. The Morgan fingerprint density at radius 2 is 2.33 bits per heavy atom. The van der Waals surface area contributed by atoms with Gasteiger partial charge in [0.1, 0.15) is 5.49 Å². The van der Waals surface area contributed by atoms with Gasteiger partial charge in [0.15, 0.2) is 0 Å². The Kier molecular flexibility index (Phi) is 1.53. The molecule has 0 atom stereocenters. The molecule has 1 rings (SSSR count). The number of hydrogen-bond acceptors (Lipinski definition) is 2. The smallest absolute Gasteiger partial charge is 0.145 e. The molecule has 48 valence electrons. The first-order valence-electron chi connectivity index (χ1n) is 2.70. The van der Waals surface area contributed by atoms with E-state index in [2.05, 4.69) is 4.99 Å². The van der Waals surface area contributed by atoms with Crippen LogP contribution < -0.4 is 11.3 Å². The zero-order valence-electron chi connectivity index (χ0n) is 5.28. The van der Waals surface area contributed by atoms with Gasteiger partial charge in [0.25, 0.3) is 0 Å². The second-order valence-corrected chi connectivity index (χ2v) is 1.69. The minimum Gasteiger partial charge on any atom is -0.338 e. The molecule has 0 saturated carbocycles. The highest BCUT2D eigenvalue weighted by Gasteiger charge is 1.78. The molecule has 3 nitrogen and oxygen atoms in total. The van der Waals surface area contributed by atoms with Gasteiger partial charge in [0, 0.05) is 13.2 Å². The third-order valence-corrected chi connectivity index (χ3v) is 1.10. The molecule has 0 radical (unpaired) electrons. The molecular formula is C6H9N3. The van der Waals surface area contributed by atoms with Crippen LogP contribution in [-0.2, 0) is 0 Å². The van der Waals surface area contributed by atoms with Crippen molar-refractivity contribution in [3.8, 4) is 0 Å². The zero-order valence-corrected chi connectivity index (χ0v) is 5.28. The van der Waals surface area contributed by atoms with Gasteiger partial charge >= 0.3 is 0 Å². The predicted octanol–water partition coefficient (Wildman–Crippen LogP) is -0.268. The number of rotatable bonds is 0. The topological polar surface area (TPSA) is 43.3 Å². The monoisotopic (exact) mass is 123 g/mol. The summed E-state index contributed by atoms with van der Waals surface area (Å²) in [5, 5.41) is 0. The first-order chi connectivity index (χ1) is 4.34. The highest BCUT2D eigenvalue weighted by molar-refractivity contribution is 4.91. The normalized spacial score (nSPS) is 11.9. The van der Waals surface area contributed by atoms with E-state index in [0.717, 1.165) is 5.49 Å². The van der Waals surface area contributed by atoms with Crippen LogP contribution in [0.25, 0.3) is 0 Å². The molecule has 0 aliphatic heterocycles. The van der Waals surface area contributed by atoms with Gasteiger partial charge in [-0.05, 0) is 12.1 Å². The Bertz CT molecular complexity index is 248. The average molecular weight is 123 g/mol. The van der Waals surface area contributed by atoms with Crippen molar-refractivity contribution in [2.75, 3.05) is 12.9 Å². The molecule has 1 heterocycles. The molecule has 1 aromatic heterocycles. The fourth-order valence-electron chi connectivity index (χ4n) is 0.636. The van der Waals surface area contributed by atoms with Crippen molar-refractivity contribution in [3.05, 3.63) is 29.9 Å². The standard InChI is InChI=1S/C6H9N3/c1-8-6-4-2-3-5-9(6)7/h2-5H,7H2,1H3. The minimum absolute atomic E-state index is 0.775. The predicted molar refractivity (Wildman–Crippen MR) is 36.1 cm³/mol. The average Bonchev–Trinajstić information content (AvgIpc) is 1.89. The fourth-order valence-corrected chi connectivity index (χ4v) is 0.636. The molecule has 0 spiro atoms. The van der Waals surface area contributed by atoms with Gasteiger partial charge in [-0.15, -0.1) is 0 Å². The van der Waals surface area contributed by atoms with Gasteiger partial charge in [0.05, 0.1) is 0 Å². The maximum Gasteiger partial charge on any atom is 0.145 e. The van der Waals surface area contributed by atoms with Crippen molar-refractivity contribution in [1.82, 2.24) is 4.68 Å². The van der Waals surface area contributed by atoms with Gasteiger partial charge in [-0.3, -0.25) is 9.67 Å². The summed E-state index contributed by atoms with van der Waals surface area (Å²) in [6.45, 7) is 0. The summed E-state index contributed by atoms with van der Waals surface area (Å²) < 4.78 is 1.47. The summed E-state index contributed by atoms with van der Waals surface area (Å²) in [6, 6.07) is 5.60. The van der Waals surface area contributed by atoms with Crippen LogP contribution in [0.2, 0.25) is 0 Å².